The molecular formula is C23H23IN2O5S. The molecule has 1 unspecified atom stereocenters. The number of amides is 3. The maximum atomic E-state index is 12.7. The van der Waals surface area contributed by atoms with Crippen LogP contribution in [-0.2, 0) is 9.59 Å². The Labute approximate surface area is 204 Å². The zero-order valence-corrected chi connectivity index (χ0v) is 20.9. The predicted octanol–water partition coefficient (Wildman–Crippen LogP) is 5.15. The fourth-order valence-corrected chi connectivity index (χ4v) is 4.72. The highest BCUT2D eigenvalue weighted by Crippen LogP contribution is 2.38. The van der Waals surface area contributed by atoms with Gasteiger partial charge in [0.1, 0.15) is 0 Å². The third-order valence-corrected chi connectivity index (χ3v) is 6.49. The molecule has 9 heteroatoms. The van der Waals surface area contributed by atoms with Gasteiger partial charge in [-0.15, -0.1) is 0 Å². The van der Waals surface area contributed by atoms with Crippen molar-refractivity contribution in [2.24, 2.45) is 0 Å². The van der Waals surface area contributed by atoms with Crippen molar-refractivity contribution in [3.8, 4) is 11.5 Å². The first-order valence-corrected chi connectivity index (χ1v) is 11.9. The summed E-state index contributed by atoms with van der Waals surface area (Å²) in [6.45, 7) is 3.60. The van der Waals surface area contributed by atoms with E-state index < -0.39 is 0 Å². The van der Waals surface area contributed by atoms with Crippen LogP contribution in [0.25, 0.3) is 6.08 Å². The lowest BCUT2D eigenvalue weighted by Crippen LogP contribution is -2.36. The molecule has 168 valence electrons. The number of thioether (sulfide) groups is 1. The molecule has 1 N–H and O–H groups in total. The number of imide groups is 1. The number of ether oxygens (including phenoxy) is 2. The molecule has 1 aliphatic rings. The number of hydrogen-bond acceptors (Lipinski definition) is 6. The van der Waals surface area contributed by atoms with Crippen LogP contribution >= 0.6 is 34.4 Å². The van der Waals surface area contributed by atoms with Crippen LogP contribution in [0.4, 0.5) is 10.5 Å². The van der Waals surface area contributed by atoms with E-state index in [1.54, 1.807) is 24.3 Å². The summed E-state index contributed by atoms with van der Waals surface area (Å²) in [6, 6.07) is 12.5. The number of rotatable bonds is 8. The molecule has 0 bridgehead atoms. The monoisotopic (exact) mass is 566 g/mol. The molecule has 0 aliphatic carbocycles. The summed E-state index contributed by atoms with van der Waals surface area (Å²) in [7, 11) is 1.50. The number of carbonyl (C=O) groups excluding carboxylic acids is 3. The Bertz CT molecular complexity index is 1060. The van der Waals surface area contributed by atoms with E-state index in [0.717, 1.165) is 11.8 Å². The van der Waals surface area contributed by atoms with E-state index in [-0.39, 0.29) is 29.7 Å². The first-order chi connectivity index (χ1) is 15.3. The smallest absolute Gasteiger partial charge is 0.293 e. The molecule has 0 saturated carbocycles. The van der Waals surface area contributed by atoms with Crippen molar-refractivity contribution in [1.82, 2.24) is 4.90 Å². The van der Waals surface area contributed by atoms with Crippen molar-refractivity contribution in [1.29, 1.82) is 0 Å². The number of carbonyl (C=O) groups is 3. The first kappa shape index (κ1) is 24.1. The van der Waals surface area contributed by atoms with Crippen LogP contribution in [0.1, 0.15) is 25.8 Å². The van der Waals surface area contributed by atoms with Crippen molar-refractivity contribution >= 4 is 63.2 Å². The molecule has 0 aromatic heterocycles. The van der Waals surface area contributed by atoms with Crippen LogP contribution in [0.2, 0.25) is 0 Å². The number of halogens is 1. The van der Waals surface area contributed by atoms with Gasteiger partial charge < -0.3 is 14.8 Å². The summed E-state index contributed by atoms with van der Waals surface area (Å²) in [6.07, 6.45) is 2.37. The van der Waals surface area contributed by atoms with Gasteiger partial charge in [-0.25, -0.2) is 0 Å². The maximum absolute atomic E-state index is 12.7. The number of benzene rings is 2. The van der Waals surface area contributed by atoms with Gasteiger partial charge in [-0.1, -0.05) is 25.1 Å². The van der Waals surface area contributed by atoms with Crippen LogP contribution < -0.4 is 14.8 Å². The molecule has 1 atom stereocenters. The zero-order chi connectivity index (χ0) is 23.3. The molecule has 3 amide bonds. The van der Waals surface area contributed by atoms with E-state index in [1.807, 2.05) is 38.1 Å². The van der Waals surface area contributed by atoms with Crippen molar-refractivity contribution in [3.63, 3.8) is 0 Å². The highest BCUT2D eigenvalue weighted by molar-refractivity contribution is 14.1. The minimum Gasteiger partial charge on any atom is -0.493 e. The molecule has 1 heterocycles. The highest BCUT2D eigenvalue weighted by atomic mass is 127. The summed E-state index contributed by atoms with van der Waals surface area (Å²) in [5, 5.41) is 2.50. The number of para-hydroxylation sites is 1. The number of hydrogen-bond donors (Lipinski definition) is 1. The number of nitrogens with zero attached hydrogens (tertiary/aromatic N) is 1. The van der Waals surface area contributed by atoms with E-state index >= 15 is 0 Å². The van der Waals surface area contributed by atoms with E-state index in [9.17, 15) is 14.4 Å². The maximum Gasteiger partial charge on any atom is 0.293 e. The van der Waals surface area contributed by atoms with Crippen LogP contribution in [-0.4, -0.2) is 41.7 Å². The van der Waals surface area contributed by atoms with Crippen LogP contribution in [0, 0.1) is 3.57 Å². The molecule has 0 radical (unpaired) electrons. The molecule has 2 aromatic rings. The Morgan fingerprint density at radius 1 is 1.25 bits per heavy atom. The van der Waals surface area contributed by atoms with Gasteiger partial charge in [-0.05, 0) is 83.6 Å². The molecule has 1 saturated heterocycles. The van der Waals surface area contributed by atoms with Gasteiger partial charge in [-0.3, -0.25) is 19.3 Å². The third kappa shape index (κ3) is 5.63. The minimum absolute atomic E-state index is 0.152. The first-order valence-electron chi connectivity index (χ1n) is 9.96. The number of nitrogens with one attached hydrogen (secondary N) is 1. The largest absolute Gasteiger partial charge is 0.493 e. The third-order valence-electron chi connectivity index (χ3n) is 4.81. The van der Waals surface area contributed by atoms with Gasteiger partial charge in [0.05, 0.1) is 15.6 Å². The van der Waals surface area contributed by atoms with Crippen LogP contribution in [0.3, 0.4) is 0 Å². The Kier molecular flexibility index (Phi) is 8.19. The quantitative estimate of drug-likeness (QED) is 0.352. The molecule has 2 aromatic carbocycles. The van der Waals surface area contributed by atoms with E-state index in [4.69, 9.17) is 9.47 Å². The Morgan fingerprint density at radius 2 is 1.97 bits per heavy atom. The standard InChI is InChI=1S/C23H23IN2O5S/c1-4-14(2)26-22(28)19(32-23(26)29)12-15-10-17(24)21(18(11-15)30-3)31-13-20(27)25-16-8-6-5-7-9-16/h5-12,14H,4,13H2,1-3H3,(H,25,27)/b19-12+. The second-order valence-corrected chi connectivity index (χ2v) is 9.20. The minimum atomic E-state index is -0.295. The molecule has 7 nitrogen and oxygen atoms in total. The fourth-order valence-electron chi connectivity index (χ4n) is 3.01. The lowest BCUT2D eigenvalue weighted by molar-refractivity contribution is -0.124. The molecule has 3 rings (SSSR count). The van der Waals surface area contributed by atoms with Crippen molar-refractivity contribution in [3.05, 3.63) is 56.5 Å². The SMILES string of the molecule is CCC(C)N1C(=O)S/C(=C/c2cc(I)c(OCC(=O)Nc3ccccc3)c(OC)c2)C1=O. The molecule has 1 aliphatic heterocycles. The normalized spacial score (nSPS) is 15.8. The van der Waals surface area contributed by atoms with Crippen molar-refractivity contribution < 1.29 is 23.9 Å². The van der Waals surface area contributed by atoms with E-state index in [2.05, 4.69) is 27.9 Å². The average Bonchev–Trinajstić information content (AvgIpc) is 3.05. The molecular weight excluding hydrogens is 543 g/mol. The zero-order valence-electron chi connectivity index (χ0n) is 17.9. The van der Waals surface area contributed by atoms with Gasteiger partial charge in [0, 0.05) is 11.7 Å². The topological polar surface area (TPSA) is 84.9 Å². The Balaban J connectivity index is 1.75. The van der Waals surface area contributed by atoms with Gasteiger partial charge in [0.25, 0.3) is 17.1 Å². The Morgan fingerprint density at radius 3 is 2.62 bits per heavy atom. The molecule has 32 heavy (non-hydrogen) atoms. The number of anilines is 1. The van der Waals surface area contributed by atoms with E-state index in [0.29, 0.717) is 37.6 Å². The second kappa shape index (κ2) is 10.9. The average molecular weight is 566 g/mol. The van der Waals surface area contributed by atoms with Gasteiger partial charge >= 0.3 is 0 Å². The highest BCUT2D eigenvalue weighted by Gasteiger charge is 2.37. The van der Waals surface area contributed by atoms with Gasteiger partial charge in [-0.2, -0.15) is 0 Å². The van der Waals surface area contributed by atoms with Crippen molar-refractivity contribution in [2.75, 3.05) is 19.0 Å². The summed E-state index contributed by atoms with van der Waals surface area (Å²) in [5.74, 6) is 0.274. The van der Waals surface area contributed by atoms with Crippen molar-refractivity contribution in [2.45, 2.75) is 26.3 Å². The van der Waals surface area contributed by atoms with Crippen LogP contribution in [0.5, 0.6) is 11.5 Å². The van der Waals surface area contributed by atoms with Gasteiger partial charge in [0.2, 0.25) is 0 Å². The summed E-state index contributed by atoms with van der Waals surface area (Å²) in [4.78, 5) is 38.8. The summed E-state index contributed by atoms with van der Waals surface area (Å²) < 4.78 is 11.9. The lowest BCUT2D eigenvalue weighted by Gasteiger charge is -2.19. The summed E-state index contributed by atoms with van der Waals surface area (Å²) in [5.41, 5.74) is 1.38. The van der Waals surface area contributed by atoms with Gasteiger partial charge in [0.15, 0.2) is 18.1 Å². The molecule has 1 fully saturated rings. The molecule has 0 spiro atoms. The van der Waals surface area contributed by atoms with E-state index in [1.165, 1.54) is 12.0 Å². The second-order valence-electron chi connectivity index (χ2n) is 7.05. The summed E-state index contributed by atoms with van der Waals surface area (Å²) >= 11 is 3.02. The Hall–Kier alpha value is -2.53. The lowest BCUT2D eigenvalue weighted by atomic mass is 10.1. The number of methoxy groups -OCH3 is 1. The predicted molar refractivity (Wildman–Crippen MR) is 134 cm³/mol. The van der Waals surface area contributed by atoms with Crippen LogP contribution in [0.15, 0.2) is 47.4 Å². The fraction of sp³-hybridized carbons (Fsp3) is 0.261.